The Kier molecular flexibility index (Phi) is 9.53. The van der Waals surface area contributed by atoms with Crippen LogP contribution in [0.5, 0.6) is 11.5 Å². The van der Waals surface area contributed by atoms with E-state index in [9.17, 15) is 22.6 Å². The van der Waals surface area contributed by atoms with Gasteiger partial charge in [-0.1, -0.05) is 18.2 Å². The van der Waals surface area contributed by atoms with E-state index in [4.69, 9.17) is 4.74 Å². The number of fused-ring (bicyclic) bond motifs is 2. The molecule has 1 atom stereocenters. The summed E-state index contributed by atoms with van der Waals surface area (Å²) in [5.74, 6) is 0.531. The van der Waals surface area contributed by atoms with Crippen molar-refractivity contribution in [1.29, 1.82) is 0 Å². The molecular weight excluding hydrogens is 622 g/mol. The molecule has 0 spiro atoms. The second kappa shape index (κ2) is 13.9. The zero-order valence-electron chi connectivity index (χ0n) is 26.3. The van der Waals surface area contributed by atoms with Gasteiger partial charge in [-0.15, -0.1) is 0 Å². The van der Waals surface area contributed by atoms with Gasteiger partial charge in [-0.25, -0.2) is 13.0 Å². The quantitative estimate of drug-likeness (QED) is 0.242. The van der Waals surface area contributed by atoms with Crippen LogP contribution in [-0.4, -0.2) is 78.2 Å². The van der Waals surface area contributed by atoms with Gasteiger partial charge in [0.2, 0.25) is 5.91 Å². The molecule has 3 heterocycles. The molecule has 4 aromatic carbocycles. The minimum atomic E-state index is -1.50. The largest absolute Gasteiger partial charge is 0.455 e. The van der Waals surface area contributed by atoms with E-state index >= 15 is 0 Å². The maximum atomic E-state index is 13.4. The number of carbonyl (C=O) groups is 2. The minimum absolute atomic E-state index is 0.124. The zero-order valence-corrected chi connectivity index (χ0v) is 27.1. The molecule has 0 bridgehead atoms. The second-order valence-electron chi connectivity index (χ2n) is 11.6. The lowest BCUT2D eigenvalue weighted by Gasteiger charge is -2.36. The van der Waals surface area contributed by atoms with Gasteiger partial charge in [-0.05, 0) is 79.2 Å². The molecule has 11 heteroatoms. The molecule has 3 aliphatic heterocycles. The number of rotatable bonds is 3. The van der Waals surface area contributed by atoms with Gasteiger partial charge in [-0.2, -0.15) is 0 Å². The molecule has 2 fully saturated rings. The Morgan fingerprint density at radius 3 is 1.62 bits per heavy atom. The Bertz CT molecular complexity index is 1790. The summed E-state index contributed by atoms with van der Waals surface area (Å²) >= 11 is 0. The van der Waals surface area contributed by atoms with E-state index < -0.39 is 10.8 Å². The summed E-state index contributed by atoms with van der Waals surface area (Å²) in [6.07, 6.45) is 0. The van der Waals surface area contributed by atoms with Crippen LogP contribution in [0, 0.1) is 18.6 Å². The van der Waals surface area contributed by atoms with E-state index in [1.54, 1.807) is 60.4 Å². The van der Waals surface area contributed by atoms with E-state index in [0.717, 1.165) is 43.1 Å². The third kappa shape index (κ3) is 7.00. The summed E-state index contributed by atoms with van der Waals surface area (Å²) in [4.78, 5) is 33.5. The fraction of sp³-hybridized carbons (Fsp3) is 0.278. The first kappa shape index (κ1) is 32.2. The van der Waals surface area contributed by atoms with Crippen LogP contribution in [0.1, 0.15) is 22.8 Å². The topological polar surface area (TPSA) is 73.4 Å². The Morgan fingerprint density at radius 2 is 1.11 bits per heavy atom. The van der Waals surface area contributed by atoms with Crippen molar-refractivity contribution in [3.8, 4) is 11.5 Å². The predicted octanol–water partition coefficient (Wildman–Crippen LogP) is 5.86. The summed E-state index contributed by atoms with van der Waals surface area (Å²) in [6, 6.07) is 23.7. The van der Waals surface area contributed by atoms with Crippen LogP contribution in [0.4, 0.5) is 20.2 Å². The van der Waals surface area contributed by atoms with Crippen LogP contribution in [0.3, 0.4) is 0 Å². The van der Waals surface area contributed by atoms with Crippen LogP contribution >= 0.6 is 0 Å². The molecule has 0 saturated carbocycles. The van der Waals surface area contributed by atoms with Gasteiger partial charge in [0.25, 0.3) is 5.91 Å². The lowest BCUT2D eigenvalue weighted by atomic mass is 10.1. The van der Waals surface area contributed by atoms with Crippen molar-refractivity contribution in [1.82, 2.24) is 9.80 Å². The lowest BCUT2D eigenvalue weighted by molar-refractivity contribution is -0.129. The molecule has 0 aliphatic carbocycles. The molecule has 2 amide bonds. The molecule has 0 aromatic heterocycles. The lowest BCUT2D eigenvalue weighted by Crippen LogP contribution is -2.49. The normalized spacial score (nSPS) is 17.1. The molecule has 7 rings (SSSR count). The number of nitrogens with zero attached hydrogens (tertiary/aromatic N) is 4. The van der Waals surface area contributed by atoms with Gasteiger partial charge in [0.05, 0.1) is 26.2 Å². The molecule has 2 saturated heterocycles. The van der Waals surface area contributed by atoms with Crippen molar-refractivity contribution >= 4 is 34.0 Å². The van der Waals surface area contributed by atoms with Gasteiger partial charge in [0.15, 0.2) is 0 Å². The van der Waals surface area contributed by atoms with E-state index in [0.29, 0.717) is 53.0 Å². The highest BCUT2D eigenvalue weighted by atomic mass is 32.2. The number of hydrogen-bond acceptors (Lipinski definition) is 6. The van der Waals surface area contributed by atoms with Crippen molar-refractivity contribution in [2.24, 2.45) is 0 Å². The van der Waals surface area contributed by atoms with Gasteiger partial charge in [0.1, 0.15) is 23.1 Å². The number of ether oxygens (including phenoxy) is 1. The van der Waals surface area contributed by atoms with Crippen molar-refractivity contribution in [3.63, 3.8) is 0 Å². The highest BCUT2D eigenvalue weighted by molar-refractivity contribution is 7.85. The molecule has 0 N–H and O–H groups in total. The average Bonchev–Trinajstić information content (AvgIpc) is 3.09. The number of aryl methyl sites for hydroxylation is 1. The van der Waals surface area contributed by atoms with Gasteiger partial charge < -0.3 is 24.3 Å². The Balaban J connectivity index is 0.000000203. The Hall–Kier alpha value is -4.77. The third-order valence-electron chi connectivity index (χ3n) is 8.65. The van der Waals surface area contributed by atoms with Crippen molar-refractivity contribution in [2.75, 3.05) is 62.2 Å². The highest BCUT2D eigenvalue weighted by Gasteiger charge is 2.32. The standard InChI is InChI=1S/C24H21FN2O3S.C12H15FN2O/c1-16-4-2-6-20-22(16)31(29)23-19(5-3-7-21(23)30-20)24(28)27-14-12-26(13-15-27)18-10-8-17(25)9-11-18;1-10(16)14-6-8-15(9-7-14)12-4-2-11(13)3-5-12/h2-11H,12-15H2,1H3;2-5H,6-9H2,1H3. The molecule has 4 aromatic rings. The summed E-state index contributed by atoms with van der Waals surface area (Å²) in [7, 11) is -1.50. The first-order chi connectivity index (χ1) is 22.7. The summed E-state index contributed by atoms with van der Waals surface area (Å²) in [6.45, 7) is 8.95. The first-order valence-corrected chi connectivity index (χ1v) is 16.7. The molecular formula is C36H36F2N4O4S. The number of hydrogen-bond donors (Lipinski definition) is 0. The number of piperazine rings is 2. The summed E-state index contributed by atoms with van der Waals surface area (Å²) < 4.78 is 45.4. The number of halogens is 2. The number of anilines is 2. The zero-order chi connectivity index (χ0) is 33.1. The minimum Gasteiger partial charge on any atom is -0.455 e. The van der Waals surface area contributed by atoms with E-state index in [2.05, 4.69) is 9.80 Å². The average molecular weight is 659 g/mol. The van der Waals surface area contributed by atoms with Gasteiger partial charge in [-0.3, -0.25) is 9.59 Å². The van der Waals surface area contributed by atoms with Crippen LogP contribution < -0.4 is 14.5 Å². The summed E-state index contributed by atoms with van der Waals surface area (Å²) in [5.41, 5.74) is 3.24. The first-order valence-electron chi connectivity index (χ1n) is 15.6. The smallest absolute Gasteiger partial charge is 0.255 e. The van der Waals surface area contributed by atoms with Gasteiger partial charge in [0, 0.05) is 70.7 Å². The monoisotopic (exact) mass is 658 g/mol. The Labute approximate surface area is 275 Å². The van der Waals surface area contributed by atoms with Crippen LogP contribution in [0.15, 0.2) is 94.7 Å². The van der Waals surface area contributed by atoms with Crippen molar-refractivity contribution in [3.05, 3.63) is 108 Å². The summed E-state index contributed by atoms with van der Waals surface area (Å²) in [5, 5.41) is 0. The molecule has 47 heavy (non-hydrogen) atoms. The Morgan fingerprint density at radius 1 is 0.638 bits per heavy atom. The van der Waals surface area contributed by atoms with Gasteiger partial charge >= 0.3 is 0 Å². The van der Waals surface area contributed by atoms with Crippen molar-refractivity contribution < 1.29 is 27.3 Å². The highest BCUT2D eigenvalue weighted by Crippen LogP contribution is 2.43. The molecule has 244 valence electrons. The van der Waals surface area contributed by atoms with Crippen LogP contribution in [0.25, 0.3) is 0 Å². The van der Waals surface area contributed by atoms with E-state index in [1.165, 1.54) is 24.3 Å². The maximum absolute atomic E-state index is 13.4. The van der Waals surface area contributed by atoms with Crippen LogP contribution in [0.2, 0.25) is 0 Å². The van der Waals surface area contributed by atoms with E-state index in [1.807, 2.05) is 24.0 Å². The second-order valence-corrected chi connectivity index (χ2v) is 13.0. The SMILES string of the molecule is CC(=O)N1CCN(c2ccc(F)cc2)CC1.Cc1cccc2c1S(=O)c1c(cccc1C(=O)N1CCN(c3ccc(F)cc3)CC1)O2. The number of carbonyl (C=O) groups excluding carboxylic acids is 2. The fourth-order valence-corrected chi connectivity index (χ4v) is 7.55. The van der Waals surface area contributed by atoms with Crippen LogP contribution in [-0.2, 0) is 15.6 Å². The van der Waals surface area contributed by atoms with Crippen molar-refractivity contribution in [2.45, 2.75) is 23.6 Å². The molecule has 8 nitrogen and oxygen atoms in total. The third-order valence-corrected chi connectivity index (χ3v) is 10.3. The maximum Gasteiger partial charge on any atom is 0.255 e. The number of amides is 2. The van der Waals surface area contributed by atoms with E-state index in [-0.39, 0.29) is 23.4 Å². The fourth-order valence-electron chi connectivity index (χ4n) is 6.04. The number of benzene rings is 4. The molecule has 3 aliphatic rings. The predicted molar refractivity (Wildman–Crippen MR) is 178 cm³/mol. The molecule has 1 unspecified atom stereocenters. The molecule has 0 radical (unpaired) electrons.